The van der Waals surface area contributed by atoms with E-state index in [1.54, 1.807) is 25.3 Å². The highest BCUT2D eigenvalue weighted by Gasteiger charge is 1.97. The number of hydrogen-bond donors (Lipinski definition) is 2. The number of hydrogen-bond acceptors (Lipinski definition) is 3. The molecule has 1 rings (SSSR count). The molecule has 0 aliphatic heterocycles. The minimum atomic E-state index is -0.170. The molecule has 0 amide bonds. The lowest BCUT2D eigenvalue weighted by atomic mass is 10.2. The monoisotopic (exact) mass is 177 g/mol. The van der Waals surface area contributed by atoms with E-state index in [1.165, 1.54) is 0 Å². The molecule has 0 unspecified atom stereocenters. The molecular weight excluding hydrogens is 166 g/mol. The Kier molecular flexibility index (Phi) is 3.18. The smallest absolute Gasteiger partial charge is 0.120 e. The van der Waals surface area contributed by atoms with Crippen molar-refractivity contribution in [1.82, 2.24) is 0 Å². The summed E-state index contributed by atoms with van der Waals surface area (Å²) in [7, 11) is 1.58. The number of nitrogen functional groups attached to an aromatic ring is 1. The van der Waals surface area contributed by atoms with Crippen LogP contribution in [0.1, 0.15) is 5.56 Å². The van der Waals surface area contributed by atoms with E-state index >= 15 is 0 Å². The fraction of sp³-hybridized carbons (Fsp3) is 0.200. The van der Waals surface area contributed by atoms with Gasteiger partial charge in [0.05, 0.1) is 12.7 Å². The molecule has 0 spiro atoms. The predicted octanol–water partition coefficient (Wildman–Crippen LogP) is 0.621. The van der Waals surface area contributed by atoms with Gasteiger partial charge in [-0.05, 0) is 18.2 Å². The molecule has 1 aromatic carbocycles. The zero-order valence-corrected chi connectivity index (χ0v) is 7.37. The van der Waals surface area contributed by atoms with Crippen LogP contribution in [-0.4, -0.2) is 18.8 Å². The second-order valence-corrected chi connectivity index (χ2v) is 2.41. The summed E-state index contributed by atoms with van der Waals surface area (Å²) in [5.41, 5.74) is 6.90. The summed E-state index contributed by atoms with van der Waals surface area (Å²) in [6.45, 7) is -0.170. The SMILES string of the molecule is COc1ccc(N)c(C#CCO)c1. The van der Waals surface area contributed by atoms with Crippen LogP contribution in [0.25, 0.3) is 0 Å². The van der Waals surface area contributed by atoms with Gasteiger partial charge < -0.3 is 15.6 Å². The quantitative estimate of drug-likeness (QED) is 0.488. The van der Waals surface area contributed by atoms with Gasteiger partial charge in [0.2, 0.25) is 0 Å². The summed E-state index contributed by atoms with van der Waals surface area (Å²) in [5.74, 6) is 5.96. The first kappa shape index (κ1) is 9.43. The van der Waals surface area contributed by atoms with Gasteiger partial charge in [-0.15, -0.1) is 0 Å². The van der Waals surface area contributed by atoms with Crippen LogP contribution in [0.2, 0.25) is 0 Å². The summed E-state index contributed by atoms with van der Waals surface area (Å²) in [6, 6.07) is 5.22. The Labute approximate surface area is 77.1 Å². The van der Waals surface area contributed by atoms with E-state index in [0.29, 0.717) is 17.0 Å². The summed E-state index contributed by atoms with van der Waals surface area (Å²) in [6.07, 6.45) is 0. The molecule has 3 N–H and O–H groups in total. The van der Waals surface area contributed by atoms with E-state index in [0.717, 1.165) is 0 Å². The van der Waals surface area contributed by atoms with E-state index < -0.39 is 0 Å². The van der Waals surface area contributed by atoms with E-state index in [4.69, 9.17) is 15.6 Å². The van der Waals surface area contributed by atoms with Crippen LogP contribution >= 0.6 is 0 Å². The van der Waals surface area contributed by atoms with Crippen LogP contribution in [0, 0.1) is 11.8 Å². The predicted molar refractivity (Wildman–Crippen MR) is 51.4 cm³/mol. The molecule has 1 aromatic rings. The lowest BCUT2D eigenvalue weighted by molar-refractivity contribution is 0.350. The van der Waals surface area contributed by atoms with Crippen LogP contribution in [0.15, 0.2) is 18.2 Å². The Morgan fingerprint density at radius 1 is 1.54 bits per heavy atom. The van der Waals surface area contributed by atoms with Crippen LogP contribution in [0.3, 0.4) is 0 Å². The standard InChI is InChI=1S/C10H11NO2/c1-13-9-4-5-10(11)8(7-9)3-2-6-12/h4-5,7,12H,6,11H2,1H3. The van der Waals surface area contributed by atoms with E-state index in [-0.39, 0.29) is 6.61 Å². The maximum absolute atomic E-state index is 8.50. The minimum Gasteiger partial charge on any atom is -0.497 e. The minimum absolute atomic E-state index is 0.170. The number of benzene rings is 1. The summed E-state index contributed by atoms with van der Waals surface area (Å²) < 4.78 is 5.00. The van der Waals surface area contributed by atoms with Crippen molar-refractivity contribution in [1.29, 1.82) is 0 Å². The largest absolute Gasteiger partial charge is 0.497 e. The van der Waals surface area contributed by atoms with Crippen molar-refractivity contribution in [3.8, 4) is 17.6 Å². The fourth-order valence-corrected chi connectivity index (χ4v) is 0.905. The number of methoxy groups -OCH3 is 1. The van der Waals surface area contributed by atoms with Gasteiger partial charge in [0.1, 0.15) is 12.4 Å². The molecule has 3 nitrogen and oxygen atoms in total. The van der Waals surface area contributed by atoms with Crippen molar-refractivity contribution in [2.45, 2.75) is 0 Å². The van der Waals surface area contributed by atoms with E-state index in [9.17, 15) is 0 Å². The fourth-order valence-electron chi connectivity index (χ4n) is 0.905. The van der Waals surface area contributed by atoms with Gasteiger partial charge in [-0.2, -0.15) is 0 Å². The normalized spacial score (nSPS) is 8.77. The summed E-state index contributed by atoms with van der Waals surface area (Å²) in [4.78, 5) is 0. The van der Waals surface area contributed by atoms with Crippen LogP contribution in [0.5, 0.6) is 5.75 Å². The Morgan fingerprint density at radius 2 is 2.31 bits per heavy atom. The highest BCUT2D eigenvalue weighted by Crippen LogP contribution is 2.18. The van der Waals surface area contributed by atoms with Crippen molar-refractivity contribution in [3.63, 3.8) is 0 Å². The molecule has 0 aromatic heterocycles. The Morgan fingerprint density at radius 3 is 2.92 bits per heavy atom. The Hall–Kier alpha value is -1.66. The van der Waals surface area contributed by atoms with Crippen LogP contribution in [0.4, 0.5) is 5.69 Å². The van der Waals surface area contributed by atoms with Crippen molar-refractivity contribution < 1.29 is 9.84 Å². The van der Waals surface area contributed by atoms with Crippen molar-refractivity contribution >= 4 is 5.69 Å². The first-order chi connectivity index (χ1) is 6.27. The molecular formula is C10H11NO2. The number of aliphatic hydroxyl groups is 1. The molecule has 0 atom stereocenters. The highest BCUT2D eigenvalue weighted by molar-refractivity contribution is 5.58. The van der Waals surface area contributed by atoms with Crippen LogP contribution in [-0.2, 0) is 0 Å². The molecule has 0 aliphatic rings. The second kappa shape index (κ2) is 4.39. The van der Waals surface area contributed by atoms with Gasteiger partial charge in [0.15, 0.2) is 0 Å². The van der Waals surface area contributed by atoms with Gasteiger partial charge in [0.25, 0.3) is 0 Å². The third-order valence-electron chi connectivity index (χ3n) is 1.56. The third kappa shape index (κ3) is 2.39. The number of nitrogens with two attached hydrogens (primary N) is 1. The molecule has 0 saturated heterocycles. The van der Waals surface area contributed by atoms with Gasteiger partial charge in [-0.25, -0.2) is 0 Å². The highest BCUT2D eigenvalue weighted by atomic mass is 16.5. The van der Waals surface area contributed by atoms with Crippen molar-refractivity contribution in [2.75, 3.05) is 19.5 Å². The topological polar surface area (TPSA) is 55.5 Å². The van der Waals surface area contributed by atoms with Crippen molar-refractivity contribution in [2.24, 2.45) is 0 Å². The zero-order chi connectivity index (χ0) is 9.68. The van der Waals surface area contributed by atoms with E-state index in [1.807, 2.05) is 0 Å². The van der Waals surface area contributed by atoms with Gasteiger partial charge in [-0.1, -0.05) is 11.8 Å². The van der Waals surface area contributed by atoms with Crippen LogP contribution < -0.4 is 10.5 Å². The van der Waals surface area contributed by atoms with Crippen molar-refractivity contribution in [3.05, 3.63) is 23.8 Å². The number of aliphatic hydroxyl groups excluding tert-OH is 1. The molecule has 0 saturated carbocycles. The first-order valence-electron chi connectivity index (χ1n) is 3.81. The third-order valence-corrected chi connectivity index (χ3v) is 1.56. The summed E-state index contributed by atoms with van der Waals surface area (Å²) in [5, 5.41) is 8.50. The molecule has 68 valence electrons. The summed E-state index contributed by atoms with van der Waals surface area (Å²) >= 11 is 0. The average Bonchev–Trinajstić information content (AvgIpc) is 2.17. The molecule has 0 fully saturated rings. The second-order valence-electron chi connectivity index (χ2n) is 2.41. The zero-order valence-electron chi connectivity index (χ0n) is 7.37. The number of ether oxygens (including phenoxy) is 1. The Bertz CT molecular complexity index is 350. The Balaban J connectivity index is 3.04. The average molecular weight is 177 g/mol. The van der Waals surface area contributed by atoms with Gasteiger partial charge in [0, 0.05) is 5.69 Å². The maximum atomic E-state index is 8.50. The molecule has 0 heterocycles. The molecule has 3 heteroatoms. The van der Waals surface area contributed by atoms with Gasteiger partial charge in [-0.3, -0.25) is 0 Å². The van der Waals surface area contributed by atoms with Gasteiger partial charge >= 0.3 is 0 Å². The lowest BCUT2D eigenvalue weighted by Crippen LogP contribution is -1.91. The molecule has 0 bridgehead atoms. The maximum Gasteiger partial charge on any atom is 0.120 e. The molecule has 0 radical (unpaired) electrons. The molecule has 0 aliphatic carbocycles. The first-order valence-corrected chi connectivity index (χ1v) is 3.81. The lowest BCUT2D eigenvalue weighted by Gasteiger charge is -2.02. The number of anilines is 1. The molecule has 13 heavy (non-hydrogen) atoms. The van der Waals surface area contributed by atoms with E-state index in [2.05, 4.69) is 11.8 Å². The number of rotatable bonds is 1.